The normalized spacial score (nSPS) is 25.3. The standard InChI is InChI=1S/C20H23ClN4O2/c21-14-3-1-2-13(10-14)20(11-22)7-4-15(5-8-20)25-9-6-16-17(19(25)27)23-12-24-18(16)26/h1-3,10,12,15H,4-9,11,22H2,(H,23,24,26). The lowest BCUT2D eigenvalue weighted by atomic mass is 9.68. The topological polar surface area (TPSA) is 92.1 Å². The molecule has 6 nitrogen and oxygen atoms in total. The number of halogens is 1. The Hall–Kier alpha value is -2.18. The zero-order valence-corrected chi connectivity index (χ0v) is 15.8. The number of hydrogen-bond acceptors (Lipinski definition) is 4. The van der Waals surface area contributed by atoms with Gasteiger partial charge in [0.05, 0.1) is 11.9 Å². The number of carbonyl (C=O) groups excluding carboxylic acids is 1. The summed E-state index contributed by atoms with van der Waals surface area (Å²) >= 11 is 6.18. The van der Waals surface area contributed by atoms with Crippen molar-refractivity contribution in [3.63, 3.8) is 0 Å². The summed E-state index contributed by atoms with van der Waals surface area (Å²) in [6.07, 6.45) is 5.45. The van der Waals surface area contributed by atoms with E-state index in [0.717, 1.165) is 30.7 Å². The van der Waals surface area contributed by atoms with Gasteiger partial charge in [0, 0.05) is 29.6 Å². The molecule has 3 N–H and O–H groups in total. The second-order valence-corrected chi connectivity index (χ2v) is 7.97. The van der Waals surface area contributed by atoms with Gasteiger partial charge in [0.15, 0.2) is 0 Å². The number of fused-ring (bicyclic) bond motifs is 1. The molecule has 27 heavy (non-hydrogen) atoms. The Kier molecular flexibility index (Phi) is 4.78. The van der Waals surface area contributed by atoms with Gasteiger partial charge in [-0.05, 0) is 49.8 Å². The third kappa shape index (κ3) is 3.17. The minimum absolute atomic E-state index is 0.0897. The van der Waals surface area contributed by atoms with E-state index < -0.39 is 0 Å². The summed E-state index contributed by atoms with van der Waals surface area (Å²) in [4.78, 5) is 33.4. The third-order valence-electron chi connectivity index (χ3n) is 6.20. The lowest BCUT2D eigenvalue weighted by Gasteiger charge is -2.44. The van der Waals surface area contributed by atoms with Crippen LogP contribution in [-0.4, -0.2) is 39.9 Å². The quantitative estimate of drug-likeness (QED) is 0.846. The second kappa shape index (κ2) is 7.09. The first-order valence-electron chi connectivity index (χ1n) is 9.38. The van der Waals surface area contributed by atoms with Gasteiger partial charge in [0.1, 0.15) is 5.69 Å². The SMILES string of the molecule is NCC1(c2cccc(Cl)c2)CCC(N2CCc3c(nc[nH]c3=O)C2=O)CC1. The van der Waals surface area contributed by atoms with E-state index in [4.69, 9.17) is 17.3 Å². The highest BCUT2D eigenvalue weighted by molar-refractivity contribution is 6.30. The molecule has 1 fully saturated rings. The predicted octanol–water partition coefficient (Wildman–Crippen LogP) is 2.26. The van der Waals surface area contributed by atoms with Crippen LogP contribution in [0.4, 0.5) is 0 Å². The monoisotopic (exact) mass is 386 g/mol. The fourth-order valence-electron chi connectivity index (χ4n) is 4.56. The van der Waals surface area contributed by atoms with Crippen molar-refractivity contribution in [3.05, 3.63) is 62.8 Å². The van der Waals surface area contributed by atoms with Crippen LogP contribution in [0.1, 0.15) is 47.3 Å². The van der Waals surface area contributed by atoms with E-state index in [1.165, 1.54) is 11.9 Å². The van der Waals surface area contributed by atoms with Crippen LogP contribution in [-0.2, 0) is 11.8 Å². The Morgan fingerprint density at radius 2 is 2.07 bits per heavy atom. The molecular weight excluding hydrogens is 364 g/mol. The number of aromatic amines is 1. The maximum Gasteiger partial charge on any atom is 0.273 e. The predicted molar refractivity (Wildman–Crippen MR) is 104 cm³/mol. The van der Waals surface area contributed by atoms with Crippen molar-refractivity contribution < 1.29 is 4.79 Å². The van der Waals surface area contributed by atoms with Crippen LogP contribution in [0.15, 0.2) is 35.4 Å². The first kappa shape index (κ1) is 18.2. The minimum Gasteiger partial charge on any atom is -0.334 e. The average Bonchev–Trinajstić information content (AvgIpc) is 2.69. The summed E-state index contributed by atoms with van der Waals surface area (Å²) < 4.78 is 0. The van der Waals surface area contributed by atoms with Gasteiger partial charge < -0.3 is 15.6 Å². The van der Waals surface area contributed by atoms with E-state index in [1.54, 1.807) is 0 Å². The number of nitrogens with one attached hydrogen (secondary N) is 1. The fraction of sp³-hybridized carbons (Fsp3) is 0.450. The maximum absolute atomic E-state index is 12.9. The summed E-state index contributed by atoms with van der Waals surface area (Å²) in [6.45, 7) is 1.13. The minimum atomic E-state index is -0.209. The van der Waals surface area contributed by atoms with Crippen molar-refractivity contribution in [1.82, 2.24) is 14.9 Å². The number of benzene rings is 1. The molecule has 0 spiro atoms. The number of carbonyl (C=O) groups is 1. The third-order valence-corrected chi connectivity index (χ3v) is 6.43. The molecule has 4 rings (SSSR count). The lowest BCUT2D eigenvalue weighted by molar-refractivity contribution is 0.0566. The van der Waals surface area contributed by atoms with Gasteiger partial charge in [-0.1, -0.05) is 23.7 Å². The number of rotatable bonds is 3. The summed E-state index contributed by atoms with van der Waals surface area (Å²) in [7, 11) is 0. The highest BCUT2D eigenvalue weighted by Gasteiger charge is 2.40. The molecule has 1 amide bonds. The molecule has 2 heterocycles. The Balaban J connectivity index is 1.52. The molecule has 0 atom stereocenters. The van der Waals surface area contributed by atoms with Gasteiger partial charge in [-0.3, -0.25) is 9.59 Å². The summed E-state index contributed by atoms with van der Waals surface area (Å²) in [5.74, 6) is -0.129. The van der Waals surface area contributed by atoms with E-state index in [1.807, 2.05) is 23.1 Å². The lowest BCUT2D eigenvalue weighted by Crippen LogP contribution is -2.50. The molecule has 2 aromatic rings. The highest BCUT2D eigenvalue weighted by Crippen LogP contribution is 2.41. The highest BCUT2D eigenvalue weighted by atomic mass is 35.5. The Morgan fingerprint density at radius 1 is 1.30 bits per heavy atom. The number of H-pyrrole nitrogens is 1. The largest absolute Gasteiger partial charge is 0.334 e. The van der Waals surface area contributed by atoms with E-state index in [0.29, 0.717) is 30.8 Å². The van der Waals surface area contributed by atoms with Crippen molar-refractivity contribution in [1.29, 1.82) is 0 Å². The van der Waals surface area contributed by atoms with Gasteiger partial charge in [-0.15, -0.1) is 0 Å². The molecule has 1 aromatic carbocycles. The molecule has 1 aromatic heterocycles. The van der Waals surface area contributed by atoms with Gasteiger partial charge in [0.2, 0.25) is 0 Å². The first-order valence-corrected chi connectivity index (χ1v) is 9.75. The molecule has 1 saturated carbocycles. The summed E-state index contributed by atoms with van der Waals surface area (Å²) in [6, 6.07) is 8.10. The van der Waals surface area contributed by atoms with Crippen molar-refractivity contribution in [2.75, 3.05) is 13.1 Å². The van der Waals surface area contributed by atoms with Crippen molar-refractivity contribution in [3.8, 4) is 0 Å². The van der Waals surface area contributed by atoms with E-state index >= 15 is 0 Å². The number of amides is 1. The Bertz CT molecular complexity index is 918. The van der Waals surface area contributed by atoms with Crippen molar-refractivity contribution in [2.24, 2.45) is 5.73 Å². The van der Waals surface area contributed by atoms with Crippen LogP contribution in [0.25, 0.3) is 0 Å². The molecule has 0 unspecified atom stereocenters. The summed E-state index contributed by atoms with van der Waals surface area (Å²) in [5, 5.41) is 0.724. The molecular formula is C20H23ClN4O2. The second-order valence-electron chi connectivity index (χ2n) is 7.53. The number of aromatic nitrogens is 2. The maximum atomic E-state index is 12.9. The molecule has 0 saturated heterocycles. The van der Waals surface area contributed by atoms with E-state index in [-0.39, 0.29) is 22.9 Å². The number of nitrogens with zero attached hydrogens (tertiary/aromatic N) is 2. The number of nitrogens with two attached hydrogens (primary N) is 1. The molecule has 7 heteroatoms. The Labute approximate surface area is 162 Å². The molecule has 2 aliphatic rings. The van der Waals surface area contributed by atoms with Gasteiger partial charge in [-0.2, -0.15) is 0 Å². The van der Waals surface area contributed by atoms with Crippen LogP contribution in [0, 0.1) is 0 Å². The van der Waals surface area contributed by atoms with Gasteiger partial charge >= 0.3 is 0 Å². The Morgan fingerprint density at radius 3 is 2.78 bits per heavy atom. The van der Waals surface area contributed by atoms with Crippen LogP contribution >= 0.6 is 11.6 Å². The first-order chi connectivity index (χ1) is 13.0. The van der Waals surface area contributed by atoms with Crippen LogP contribution in [0.3, 0.4) is 0 Å². The molecule has 0 bridgehead atoms. The van der Waals surface area contributed by atoms with Crippen molar-refractivity contribution >= 4 is 17.5 Å². The van der Waals surface area contributed by atoms with E-state index in [9.17, 15) is 9.59 Å². The zero-order valence-electron chi connectivity index (χ0n) is 15.1. The smallest absolute Gasteiger partial charge is 0.273 e. The average molecular weight is 387 g/mol. The van der Waals surface area contributed by atoms with Crippen molar-refractivity contribution in [2.45, 2.75) is 43.6 Å². The molecule has 142 valence electrons. The van der Waals surface area contributed by atoms with Gasteiger partial charge in [-0.25, -0.2) is 4.98 Å². The van der Waals surface area contributed by atoms with E-state index in [2.05, 4.69) is 16.0 Å². The molecule has 1 aliphatic carbocycles. The molecule has 1 aliphatic heterocycles. The number of hydrogen-bond donors (Lipinski definition) is 2. The molecule has 0 radical (unpaired) electrons. The zero-order chi connectivity index (χ0) is 19.0. The van der Waals surface area contributed by atoms with Crippen LogP contribution in [0.5, 0.6) is 0 Å². The fourth-order valence-corrected chi connectivity index (χ4v) is 4.75. The van der Waals surface area contributed by atoms with Crippen LogP contribution in [0.2, 0.25) is 5.02 Å². The van der Waals surface area contributed by atoms with Gasteiger partial charge in [0.25, 0.3) is 11.5 Å². The van der Waals surface area contributed by atoms with Crippen LogP contribution < -0.4 is 11.3 Å². The summed E-state index contributed by atoms with van der Waals surface area (Å²) in [5.41, 5.74) is 7.87.